The zero-order valence-corrected chi connectivity index (χ0v) is 13.0. The minimum Gasteiger partial charge on any atom is -0.268 e. The van der Waals surface area contributed by atoms with Gasteiger partial charge >= 0.3 is 0 Å². The molecule has 0 radical (unpaired) electrons. The Morgan fingerprint density at radius 2 is 1.59 bits per heavy atom. The van der Waals surface area contributed by atoms with Crippen LogP contribution in [-0.2, 0) is 17.4 Å². The van der Waals surface area contributed by atoms with Crippen molar-refractivity contribution in [2.75, 3.05) is 0 Å². The van der Waals surface area contributed by atoms with Crippen LogP contribution >= 0.6 is 11.5 Å². The highest BCUT2D eigenvalue weighted by Gasteiger charge is 2.31. The van der Waals surface area contributed by atoms with Gasteiger partial charge in [-0.25, -0.2) is 0 Å². The molecule has 0 unspecified atom stereocenters. The molecule has 2 nitrogen and oxygen atoms in total. The molecule has 0 aliphatic carbocycles. The Balaban J connectivity index is 3.50. The predicted octanol–water partition coefficient (Wildman–Crippen LogP) is 3.91. The smallest absolute Gasteiger partial charge is 0.264 e. The van der Waals surface area contributed by atoms with Crippen molar-refractivity contribution < 1.29 is 0 Å². The minimum absolute atomic E-state index is 0.0471. The third-order valence-corrected chi connectivity index (χ3v) is 4.29. The van der Waals surface area contributed by atoms with Crippen molar-refractivity contribution in [2.24, 2.45) is 0 Å². The first-order valence-electron chi connectivity index (χ1n) is 6.34. The Kier molecular flexibility index (Phi) is 3.92. The summed E-state index contributed by atoms with van der Waals surface area (Å²) in [5.74, 6) is 0. The van der Waals surface area contributed by atoms with Gasteiger partial charge in [0.25, 0.3) is 5.56 Å². The van der Waals surface area contributed by atoms with E-state index in [0.717, 1.165) is 18.5 Å². The van der Waals surface area contributed by atoms with Crippen LogP contribution in [-0.4, -0.2) is 3.96 Å². The van der Waals surface area contributed by atoms with E-state index in [9.17, 15) is 4.79 Å². The minimum atomic E-state index is -0.0742. The number of nitrogens with zero attached hydrogens (tertiary/aromatic N) is 1. The van der Waals surface area contributed by atoms with Gasteiger partial charge in [-0.2, -0.15) is 0 Å². The number of hydrogen-bond acceptors (Lipinski definition) is 2. The second-order valence-corrected chi connectivity index (χ2v) is 7.73. The molecule has 0 aliphatic rings. The van der Waals surface area contributed by atoms with Crippen molar-refractivity contribution in [1.29, 1.82) is 0 Å². The molecule has 0 amide bonds. The van der Waals surface area contributed by atoms with Crippen LogP contribution in [0.25, 0.3) is 0 Å². The quantitative estimate of drug-likeness (QED) is 0.785. The van der Waals surface area contributed by atoms with Gasteiger partial charge in [0.15, 0.2) is 0 Å². The summed E-state index contributed by atoms with van der Waals surface area (Å²) in [6.45, 7) is 15.9. The predicted molar refractivity (Wildman–Crippen MR) is 76.3 cm³/mol. The lowest BCUT2D eigenvalue weighted by Gasteiger charge is -2.24. The Bertz CT molecular complexity index is 440. The average molecular weight is 255 g/mol. The van der Waals surface area contributed by atoms with Crippen molar-refractivity contribution >= 4 is 11.5 Å². The average Bonchev–Trinajstić information content (AvgIpc) is 2.43. The second-order valence-electron chi connectivity index (χ2n) is 6.70. The summed E-state index contributed by atoms with van der Waals surface area (Å²) in [7, 11) is 0. The Morgan fingerprint density at radius 3 is 1.88 bits per heavy atom. The first-order valence-corrected chi connectivity index (χ1v) is 7.11. The topological polar surface area (TPSA) is 22.0 Å². The Morgan fingerprint density at radius 1 is 1.06 bits per heavy atom. The van der Waals surface area contributed by atoms with Crippen LogP contribution < -0.4 is 5.56 Å². The van der Waals surface area contributed by atoms with Gasteiger partial charge in [0.2, 0.25) is 0 Å². The number of aryl methyl sites for hydroxylation is 1. The molecular weight excluding hydrogens is 230 g/mol. The van der Waals surface area contributed by atoms with Crippen molar-refractivity contribution in [2.45, 2.75) is 72.3 Å². The van der Waals surface area contributed by atoms with E-state index in [1.807, 2.05) is 3.96 Å². The van der Waals surface area contributed by atoms with E-state index < -0.39 is 0 Å². The first-order chi connectivity index (χ1) is 7.59. The molecule has 17 heavy (non-hydrogen) atoms. The zero-order chi connectivity index (χ0) is 13.4. The molecule has 3 heteroatoms. The number of aromatic nitrogens is 1. The summed E-state index contributed by atoms with van der Waals surface area (Å²) in [5.41, 5.74) is 1.19. The maximum Gasteiger partial charge on any atom is 0.264 e. The molecule has 0 N–H and O–H groups in total. The molecule has 98 valence electrons. The molecule has 0 saturated heterocycles. The van der Waals surface area contributed by atoms with E-state index in [0.29, 0.717) is 0 Å². The fourth-order valence-electron chi connectivity index (χ4n) is 1.94. The van der Waals surface area contributed by atoms with Gasteiger partial charge < -0.3 is 0 Å². The molecule has 1 aromatic heterocycles. The molecule has 0 aromatic carbocycles. The normalized spacial score (nSPS) is 13.1. The standard InChI is InChI=1S/C14H25NOS/c1-8-9-15-12(16)10(13(2,3)4)11(17-15)14(5,6)7/h8-9H2,1-7H3. The Hall–Kier alpha value is -0.570. The molecule has 0 bridgehead atoms. The lowest BCUT2D eigenvalue weighted by atomic mass is 9.81. The first kappa shape index (κ1) is 14.5. The van der Waals surface area contributed by atoms with Crippen molar-refractivity contribution in [3.63, 3.8) is 0 Å². The van der Waals surface area contributed by atoms with Gasteiger partial charge in [-0.1, -0.05) is 60.0 Å². The number of rotatable bonds is 2. The summed E-state index contributed by atoms with van der Waals surface area (Å²) in [6, 6.07) is 0. The highest BCUT2D eigenvalue weighted by atomic mass is 32.1. The largest absolute Gasteiger partial charge is 0.268 e. The molecule has 1 heterocycles. The van der Waals surface area contributed by atoms with Gasteiger partial charge in [0.05, 0.1) is 0 Å². The summed E-state index contributed by atoms with van der Waals surface area (Å²) in [6.07, 6.45) is 1.01. The van der Waals surface area contributed by atoms with Crippen molar-refractivity contribution in [3.05, 3.63) is 20.8 Å². The van der Waals surface area contributed by atoms with E-state index in [1.54, 1.807) is 11.5 Å². The van der Waals surface area contributed by atoms with Crippen molar-refractivity contribution in [3.8, 4) is 0 Å². The van der Waals surface area contributed by atoms with E-state index in [-0.39, 0.29) is 16.4 Å². The molecular formula is C14H25NOS. The molecule has 0 aliphatic heterocycles. The van der Waals surface area contributed by atoms with Crippen molar-refractivity contribution in [1.82, 2.24) is 3.96 Å². The van der Waals surface area contributed by atoms with Crippen LogP contribution in [0.1, 0.15) is 65.3 Å². The highest BCUT2D eigenvalue weighted by molar-refractivity contribution is 7.06. The third-order valence-electron chi connectivity index (χ3n) is 2.73. The van der Waals surface area contributed by atoms with Gasteiger partial charge in [0, 0.05) is 17.0 Å². The van der Waals surface area contributed by atoms with Crippen LogP contribution in [0.2, 0.25) is 0 Å². The SMILES string of the molecule is CCCn1sc(C(C)(C)C)c(C(C)(C)C)c1=O. The lowest BCUT2D eigenvalue weighted by Crippen LogP contribution is -2.28. The molecule has 0 fully saturated rings. The van der Waals surface area contributed by atoms with Gasteiger partial charge in [-0.3, -0.25) is 8.75 Å². The molecule has 0 saturated carbocycles. The lowest BCUT2D eigenvalue weighted by molar-refractivity contribution is 0.534. The summed E-state index contributed by atoms with van der Waals surface area (Å²) in [4.78, 5) is 13.7. The maximum atomic E-state index is 12.4. The van der Waals surface area contributed by atoms with Gasteiger partial charge in [-0.05, 0) is 17.3 Å². The fraction of sp³-hybridized carbons (Fsp3) is 0.786. The molecule has 0 atom stereocenters. The van der Waals surface area contributed by atoms with Crippen LogP contribution in [0, 0.1) is 0 Å². The molecule has 0 spiro atoms. The third kappa shape index (κ3) is 3.01. The summed E-state index contributed by atoms with van der Waals surface area (Å²) < 4.78 is 1.92. The van der Waals surface area contributed by atoms with Crippen LogP contribution in [0.5, 0.6) is 0 Å². The van der Waals surface area contributed by atoms with E-state index >= 15 is 0 Å². The van der Waals surface area contributed by atoms with Crippen LogP contribution in [0.3, 0.4) is 0 Å². The summed E-state index contributed by atoms with van der Waals surface area (Å²) >= 11 is 1.65. The fourth-order valence-corrected chi connectivity index (χ4v) is 3.37. The number of hydrogen-bond donors (Lipinski definition) is 0. The van der Waals surface area contributed by atoms with E-state index in [4.69, 9.17) is 0 Å². The molecule has 1 rings (SSSR count). The highest BCUT2D eigenvalue weighted by Crippen LogP contribution is 2.35. The van der Waals surface area contributed by atoms with E-state index in [1.165, 1.54) is 4.88 Å². The monoisotopic (exact) mass is 255 g/mol. The van der Waals surface area contributed by atoms with Crippen LogP contribution in [0.15, 0.2) is 4.79 Å². The maximum absolute atomic E-state index is 12.4. The second kappa shape index (κ2) is 4.60. The zero-order valence-electron chi connectivity index (χ0n) is 12.2. The van der Waals surface area contributed by atoms with Crippen LogP contribution in [0.4, 0.5) is 0 Å². The Labute approximate surface area is 109 Å². The van der Waals surface area contributed by atoms with Gasteiger partial charge in [-0.15, -0.1) is 0 Å². The summed E-state index contributed by atoms with van der Waals surface area (Å²) in [5, 5.41) is 0. The molecule has 1 aromatic rings. The van der Waals surface area contributed by atoms with Gasteiger partial charge in [0.1, 0.15) is 0 Å². The van der Waals surface area contributed by atoms with E-state index in [2.05, 4.69) is 48.5 Å².